The number of amides is 2. The number of thiazole rings is 1. The zero-order valence-electron chi connectivity index (χ0n) is 15.1. The lowest BCUT2D eigenvalue weighted by Gasteiger charge is -2.32. The lowest BCUT2D eigenvalue weighted by atomic mass is 9.97. The lowest BCUT2D eigenvalue weighted by molar-refractivity contribution is 0.175. The van der Waals surface area contributed by atoms with Crippen molar-refractivity contribution in [3.63, 3.8) is 0 Å². The molecule has 0 aliphatic carbocycles. The number of carbonyl (C=O) groups is 1. The first-order valence-corrected chi connectivity index (χ1v) is 9.80. The first kappa shape index (κ1) is 17.0. The summed E-state index contributed by atoms with van der Waals surface area (Å²) in [7, 11) is 0. The molecule has 6 nitrogen and oxygen atoms in total. The van der Waals surface area contributed by atoms with Crippen LogP contribution >= 0.6 is 11.3 Å². The normalized spacial score (nSPS) is 15.5. The van der Waals surface area contributed by atoms with Crippen molar-refractivity contribution in [3.05, 3.63) is 41.2 Å². The minimum absolute atomic E-state index is 0.0234. The second-order valence-corrected chi connectivity index (χ2v) is 8.25. The van der Waals surface area contributed by atoms with Gasteiger partial charge >= 0.3 is 6.03 Å². The molecule has 0 atom stereocenters. The molecule has 0 radical (unpaired) electrons. The van der Waals surface area contributed by atoms with Crippen LogP contribution in [0.1, 0.15) is 23.4 Å². The Balaban J connectivity index is 1.32. The fourth-order valence-electron chi connectivity index (χ4n) is 3.47. The quantitative estimate of drug-likeness (QED) is 0.757. The highest BCUT2D eigenvalue weighted by Crippen LogP contribution is 2.25. The molecule has 1 aromatic carbocycles. The van der Waals surface area contributed by atoms with Crippen molar-refractivity contribution in [3.8, 4) is 0 Å². The fraction of sp³-hybridized carbons (Fsp3) is 0.421. The third-order valence-electron chi connectivity index (χ3n) is 4.86. The average Bonchev–Trinajstić information content (AvgIpc) is 3.19. The van der Waals surface area contributed by atoms with Crippen LogP contribution < -0.4 is 5.32 Å². The number of likely N-dealkylation sites (tertiary alicyclic amines) is 1. The van der Waals surface area contributed by atoms with Crippen molar-refractivity contribution in [2.24, 2.45) is 5.92 Å². The van der Waals surface area contributed by atoms with Gasteiger partial charge in [-0.1, -0.05) is 0 Å². The summed E-state index contributed by atoms with van der Waals surface area (Å²) in [5.41, 5.74) is 2.94. The second kappa shape index (κ2) is 7.07. The Morgan fingerprint density at radius 2 is 2.12 bits per heavy atom. The van der Waals surface area contributed by atoms with Crippen molar-refractivity contribution < 1.29 is 4.79 Å². The minimum Gasteiger partial charge on any atom is -0.325 e. The Hall–Kier alpha value is -2.41. The number of hydrogen-bond acceptors (Lipinski definition) is 4. The maximum absolute atomic E-state index is 12.6. The van der Waals surface area contributed by atoms with Gasteiger partial charge in [0.1, 0.15) is 0 Å². The first-order chi connectivity index (χ1) is 12.6. The Morgan fingerprint density at radius 1 is 1.31 bits per heavy atom. The van der Waals surface area contributed by atoms with E-state index in [1.807, 2.05) is 40.9 Å². The number of rotatable bonds is 3. The third-order valence-corrected chi connectivity index (χ3v) is 5.81. The van der Waals surface area contributed by atoms with Crippen LogP contribution in [0.15, 0.2) is 30.6 Å². The van der Waals surface area contributed by atoms with Crippen LogP contribution in [0.25, 0.3) is 10.2 Å². The van der Waals surface area contributed by atoms with Crippen LogP contribution in [-0.4, -0.2) is 38.8 Å². The number of benzene rings is 1. The molecule has 0 saturated carbocycles. The van der Waals surface area contributed by atoms with Gasteiger partial charge in [0, 0.05) is 31.5 Å². The molecule has 7 heteroatoms. The molecule has 136 valence electrons. The van der Waals surface area contributed by atoms with Gasteiger partial charge in [0.05, 0.1) is 21.4 Å². The van der Waals surface area contributed by atoms with Gasteiger partial charge in [0.2, 0.25) is 0 Å². The number of nitrogens with zero attached hydrogens (tertiary/aromatic N) is 4. The van der Waals surface area contributed by atoms with Gasteiger partial charge in [0.25, 0.3) is 0 Å². The van der Waals surface area contributed by atoms with E-state index in [-0.39, 0.29) is 6.03 Å². The van der Waals surface area contributed by atoms with Crippen molar-refractivity contribution in [1.82, 2.24) is 19.7 Å². The van der Waals surface area contributed by atoms with E-state index in [0.717, 1.165) is 53.4 Å². The lowest BCUT2D eigenvalue weighted by Crippen LogP contribution is -2.41. The van der Waals surface area contributed by atoms with Crippen molar-refractivity contribution in [1.29, 1.82) is 0 Å². The first-order valence-electron chi connectivity index (χ1n) is 8.99. The largest absolute Gasteiger partial charge is 0.325 e. The molecule has 0 bridgehead atoms. The van der Waals surface area contributed by atoms with Crippen LogP contribution in [0.5, 0.6) is 0 Å². The van der Waals surface area contributed by atoms with Gasteiger partial charge in [-0.05, 0) is 56.4 Å². The smallest absolute Gasteiger partial charge is 0.321 e. The highest BCUT2D eigenvalue weighted by atomic mass is 32.1. The molecule has 3 aromatic rings. The maximum Gasteiger partial charge on any atom is 0.321 e. The Labute approximate surface area is 156 Å². The number of hydrogen-bond donors (Lipinski definition) is 1. The molecule has 0 unspecified atom stereocenters. The van der Waals surface area contributed by atoms with Gasteiger partial charge in [-0.15, -0.1) is 11.3 Å². The number of nitrogens with one attached hydrogen (secondary N) is 1. The van der Waals surface area contributed by atoms with Gasteiger partial charge in [-0.2, -0.15) is 5.10 Å². The summed E-state index contributed by atoms with van der Waals surface area (Å²) in [4.78, 5) is 19.0. The summed E-state index contributed by atoms with van der Waals surface area (Å²) in [6.07, 6.45) is 5.99. The Bertz CT molecular complexity index is 923. The number of urea groups is 1. The molecule has 26 heavy (non-hydrogen) atoms. The number of anilines is 1. The average molecular weight is 369 g/mol. The second-order valence-electron chi connectivity index (χ2n) is 7.02. The zero-order valence-corrected chi connectivity index (χ0v) is 15.9. The van der Waals surface area contributed by atoms with Gasteiger partial charge < -0.3 is 10.2 Å². The predicted octanol–water partition coefficient (Wildman–Crippen LogP) is 4.05. The summed E-state index contributed by atoms with van der Waals surface area (Å²) in [5.74, 6) is 0.577. The van der Waals surface area contributed by atoms with Crippen LogP contribution in [0, 0.1) is 19.8 Å². The molecule has 2 amide bonds. The minimum atomic E-state index is -0.0234. The molecule has 1 aliphatic heterocycles. The summed E-state index contributed by atoms with van der Waals surface area (Å²) >= 11 is 1.67. The summed E-state index contributed by atoms with van der Waals surface area (Å²) < 4.78 is 3.16. The van der Waals surface area contributed by atoms with Crippen LogP contribution in [-0.2, 0) is 6.54 Å². The highest BCUT2D eigenvalue weighted by molar-refractivity contribution is 7.18. The van der Waals surface area contributed by atoms with Crippen molar-refractivity contribution >= 4 is 33.3 Å². The fourth-order valence-corrected chi connectivity index (χ4v) is 4.28. The summed E-state index contributed by atoms with van der Waals surface area (Å²) in [6.45, 7) is 6.56. The summed E-state index contributed by atoms with van der Waals surface area (Å²) in [6, 6.07) is 5.90. The molecule has 3 heterocycles. The highest BCUT2D eigenvalue weighted by Gasteiger charge is 2.23. The Kier molecular flexibility index (Phi) is 4.63. The van der Waals surface area contributed by atoms with E-state index >= 15 is 0 Å². The standard InChI is InChI=1S/C19H23N5OS/c1-13-10-20-24(11-13)12-15-5-7-23(8-6-15)19(25)22-16-3-4-18-17(9-16)21-14(2)26-18/h3-4,9-11,15H,5-8,12H2,1-2H3,(H,22,25). The van der Waals surface area contributed by atoms with Crippen LogP contribution in [0.2, 0.25) is 0 Å². The van der Waals surface area contributed by atoms with Crippen molar-refractivity contribution in [2.45, 2.75) is 33.2 Å². The summed E-state index contributed by atoms with van der Waals surface area (Å²) in [5, 5.41) is 8.42. The van der Waals surface area contributed by atoms with Crippen LogP contribution in [0.4, 0.5) is 10.5 Å². The zero-order chi connectivity index (χ0) is 18.1. The van der Waals surface area contributed by atoms with E-state index < -0.39 is 0 Å². The van der Waals surface area contributed by atoms with Crippen molar-refractivity contribution in [2.75, 3.05) is 18.4 Å². The number of fused-ring (bicyclic) bond motifs is 1. The Morgan fingerprint density at radius 3 is 2.85 bits per heavy atom. The number of carbonyl (C=O) groups excluding carboxylic acids is 1. The van der Waals surface area contributed by atoms with E-state index in [4.69, 9.17) is 0 Å². The molecule has 1 saturated heterocycles. The molecular formula is C19H23N5OS. The van der Waals surface area contributed by atoms with Gasteiger partial charge in [-0.25, -0.2) is 9.78 Å². The SMILES string of the molecule is Cc1cnn(CC2CCN(C(=O)Nc3ccc4sc(C)nc4c3)CC2)c1. The molecule has 1 N–H and O–H groups in total. The maximum atomic E-state index is 12.6. The molecular weight excluding hydrogens is 346 g/mol. The van der Waals surface area contributed by atoms with E-state index in [1.54, 1.807) is 11.3 Å². The number of piperidine rings is 1. The number of aromatic nitrogens is 3. The van der Waals surface area contributed by atoms with E-state index in [1.165, 1.54) is 5.56 Å². The molecule has 2 aromatic heterocycles. The van der Waals surface area contributed by atoms with E-state index in [9.17, 15) is 4.79 Å². The molecule has 0 spiro atoms. The monoisotopic (exact) mass is 369 g/mol. The third kappa shape index (κ3) is 3.72. The van der Waals surface area contributed by atoms with E-state index in [0.29, 0.717) is 5.92 Å². The topological polar surface area (TPSA) is 63.1 Å². The number of aryl methyl sites for hydroxylation is 2. The van der Waals surface area contributed by atoms with Gasteiger partial charge in [-0.3, -0.25) is 4.68 Å². The molecule has 1 fully saturated rings. The van der Waals surface area contributed by atoms with Gasteiger partial charge in [0.15, 0.2) is 0 Å². The predicted molar refractivity (Wildman–Crippen MR) is 105 cm³/mol. The van der Waals surface area contributed by atoms with Crippen LogP contribution in [0.3, 0.4) is 0 Å². The van der Waals surface area contributed by atoms with E-state index in [2.05, 4.69) is 28.5 Å². The molecule has 4 rings (SSSR count). The molecule has 1 aliphatic rings.